The number of ketones is 1. The fourth-order valence-electron chi connectivity index (χ4n) is 3.15. The standard InChI is InChI=1S/C27H32N2O/c1-26(2,3)24(17-25(30)27(4,5)6)28-18-19-10-9-12-21(16-19)23-15-14-20-11-7-8-13-22(20)29-23/h7-17,28H,18H2,1-6H3. The molecule has 0 aliphatic carbocycles. The maximum absolute atomic E-state index is 12.6. The average Bonchev–Trinajstić information content (AvgIpc) is 2.69. The van der Waals surface area contributed by atoms with Crippen molar-refractivity contribution >= 4 is 16.7 Å². The van der Waals surface area contributed by atoms with Crippen LogP contribution in [-0.2, 0) is 11.3 Å². The van der Waals surface area contributed by atoms with E-state index in [-0.39, 0.29) is 16.6 Å². The number of pyridine rings is 1. The maximum atomic E-state index is 12.6. The second kappa shape index (κ2) is 8.43. The number of nitrogens with zero attached hydrogens (tertiary/aromatic N) is 1. The highest BCUT2D eigenvalue weighted by Crippen LogP contribution is 2.27. The number of para-hydroxylation sites is 1. The summed E-state index contributed by atoms with van der Waals surface area (Å²) in [6, 6.07) is 20.7. The Hall–Kier alpha value is -2.94. The number of fused-ring (bicyclic) bond motifs is 1. The summed E-state index contributed by atoms with van der Waals surface area (Å²) in [7, 11) is 0. The van der Waals surface area contributed by atoms with E-state index in [2.05, 4.69) is 68.6 Å². The van der Waals surface area contributed by atoms with Gasteiger partial charge in [-0.1, -0.05) is 84.0 Å². The van der Waals surface area contributed by atoms with Gasteiger partial charge in [-0.2, -0.15) is 0 Å². The van der Waals surface area contributed by atoms with Gasteiger partial charge in [0, 0.05) is 40.1 Å². The van der Waals surface area contributed by atoms with Crippen molar-refractivity contribution in [2.75, 3.05) is 0 Å². The van der Waals surface area contributed by atoms with Crippen LogP contribution in [0.1, 0.15) is 47.1 Å². The molecule has 30 heavy (non-hydrogen) atoms. The zero-order valence-electron chi connectivity index (χ0n) is 18.9. The zero-order chi connectivity index (χ0) is 21.9. The Morgan fingerprint density at radius 1 is 0.900 bits per heavy atom. The van der Waals surface area contributed by atoms with E-state index in [9.17, 15) is 4.79 Å². The number of benzene rings is 2. The molecule has 0 fully saturated rings. The Morgan fingerprint density at radius 3 is 2.33 bits per heavy atom. The van der Waals surface area contributed by atoms with E-state index in [0.29, 0.717) is 6.54 Å². The molecule has 3 nitrogen and oxygen atoms in total. The van der Waals surface area contributed by atoms with Crippen LogP contribution in [0.2, 0.25) is 0 Å². The van der Waals surface area contributed by atoms with Crippen molar-refractivity contribution in [1.82, 2.24) is 10.3 Å². The van der Waals surface area contributed by atoms with E-state index in [1.54, 1.807) is 6.08 Å². The molecule has 0 aliphatic heterocycles. The predicted molar refractivity (Wildman–Crippen MR) is 126 cm³/mol. The molecule has 0 aliphatic rings. The lowest BCUT2D eigenvalue weighted by molar-refractivity contribution is -0.121. The van der Waals surface area contributed by atoms with Crippen LogP contribution in [-0.4, -0.2) is 10.8 Å². The number of carbonyl (C=O) groups excluding carboxylic acids is 1. The summed E-state index contributed by atoms with van der Waals surface area (Å²) >= 11 is 0. The van der Waals surface area contributed by atoms with E-state index in [4.69, 9.17) is 4.98 Å². The van der Waals surface area contributed by atoms with Gasteiger partial charge in [0.25, 0.3) is 0 Å². The third-order valence-corrected chi connectivity index (χ3v) is 5.13. The molecule has 3 rings (SSSR count). The molecule has 1 heterocycles. The summed E-state index contributed by atoms with van der Waals surface area (Å²) in [4.78, 5) is 17.4. The minimum absolute atomic E-state index is 0.133. The summed E-state index contributed by atoms with van der Waals surface area (Å²) in [5.74, 6) is 0.133. The molecule has 0 unspecified atom stereocenters. The number of allylic oxidation sites excluding steroid dienone is 2. The number of nitrogens with one attached hydrogen (secondary N) is 1. The molecule has 2 aromatic carbocycles. The van der Waals surface area contributed by atoms with Crippen LogP contribution in [0.15, 0.2) is 72.4 Å². The van der Waals surface area contributed by atoms with Gasteiger partial charge in [0.2, 0.25) is 0 Å². The minimum atomic E-state index is -0.389. The van der Waals surface area contributed by atoms with Crippen LogP contribution in [0.3, 0.4) is 0 Å². The SMILES string of the molecule is CC(C)(C)C(=O)C=C(NCc1cccc(-c2ccc3ccccc3n2)c1)C(C)(C)C. The molecule has 0 spiro atoms. The van der Waals surface area contributed by atoms with Crippen molar-refractivity contribution in [2.45, 2.75) is 48.1 Å². The lowest BCUT2D eigenvalue weighted by Gasteiger charge is -2.26. The molecular formula is C27H32N2O. The van der Waals surface area contributed by atoms with E-state index in [1.165, 1.54) is 0 Å². The van der Waals surface area contributed by atoms with Crippen molar-refractivity contribution in [3.8, 4) is 11.3 Å². The summed E-state index contributed by atoms with van der Waals surface area (Å²) in [6.45, 7) is 12.9. The molecule has 0 amide bonds. The maximum Gasteiger partial charge on any atom is 0.162 e. The van der Waals surface area contributed by atoms with Gasteiger partial charge >= 0.3 is 0 Å². The van der Waals surface area contributed by atoms with Gasteiger partial charge in [-0.3, -0.25) is 4.79 Å². The van der Waals surface area contributed by atoms with Gasteiger partial charge in [-0.15, -0.1) is 0 Å². The van der Waals surface area contributed by atoms with E-state index in [0.717, 1.165) is 33.4 Å². The lowest BCUT2D eigenvalue weighted by Crippen LogP contribution is -2.27. The van der Waals surface area contributed by atoms with E-state index in [1.807, 2.05) is 39.0 Å². The van der Waals surface area contributed by atoms with Crippen LogP contribution in [0, 0.1) is 10.8 Å². The van der Waals surface area contributed by atoms with Crippen LogP contribution < -0.4 is 5.32 Å². The number of rotatable bonds is 5. The average molecular weight is 401 g/mol. The van der Waals surface area contributed by atoms with Crippen LogP contribution in [0.5, 0.6) is 0 Å². The first-order valence-electron chi connectivity index (χ1n) is 10.5. The Morgan fingerprint density at radius 2 is 1.63 bits per heavy atom. The quantitative estimate of drug-likeness (QED) is 0.495. The third kappa shape index (κ3) is 5.35. The van der Waals surface area contributed by atoms with Gasteiger partial charge in [0.15, 0.2) is 5.78 Å². The monoisotopic (exact) mass is 400 g/mol. The molecular weight excluding hydrogens is 368 g/mol. The van der Waals surface area contributed by atoms with Crippen molar-refractivity contribution in [1.29, 1.82) is 0 Å². The number of carbonyl (C=O) groups is 1. The molecule has 1 N–H and O–H groups in total. The first-order chi connectivity index (χ1) is 14.0. The molecule has 156 valence electrons. The highest BCUT2D eigenvalue weighted by Gasteiger charge is 2.24. The van der Waals surface area contributed by atoms with Gasteiger partial charge in [0.1, 0.15) is 0 Å². The molecule has 3 heteroatoms. The molecule has 0 atom stereocenters. The molecule has 1 aromatic heterocycles. The summed E-state index contributed by atoms with van der Waals surface area (Å²) in [5, 5.41) is 4.65. The summed E-state index contributed by atoms with van der Waals surface area (Å²) < 4.78 is 0. The number of aromatic nitrogens is 1. The van der Waals surface area contributed by atoms with Gasteiger partial charge < -0.3 is 5.32 Å². The Bertz CT molecular complexity index is 1080. The molecule has 3 aromatic rings. The van der Waals surface area contributed by atoms with Crippen LogP contribution >= 0.6 is 0 Å². The topological polar surface area (TPSA) is 42.0 Å². The highest BCUT2D eigenvalue weighted by molar-refractivity contribution is 5.94. The molecule has 0 saturated heterocycles. The largest absolute Gasteiger partial charge is 0.384 e. The molecule has 0 bridgehead atoms. The van der Waals surface area contributed by atoms with Crippen molar-refractivity contribution in [3.05, 3.63) is 78.0 Å². The normalized spacial score (nSPS) is 12.8. The van der Waals surface area contributed by atoms with Gasteiger partial charge in [-0.25, -0.2) is 4.98 Å². The molecule has 0 radical (unpaired) electrons. The Kier molecular flexibility index (Phi) is 6.12. The smallest absolute Gasteiger partial charge is 0.162 e. The summed E-state index contributed by atoms with van der Waals surface area (Å²) in [5.41, 5.74) is 4.63. The van der Waals surface area contributed by atoms with E-state index < -0.39 is 0 Å². The Labute approximate surface area is 180 Å². The fraction of sp³-hybridized carbons (Fsp3) is 0.333. The first-order valence-corrected chi connectivity index (χ1v) is 10.5. The molecule has 0 saturated carbocycles. The predicted octanol–water partition coefficient (Wildman–Crippen LogP) is 6.54. The van der Waals surface area contributed by atoms with E-state index >= 15 is 0 Å². The fourth-order valence-corrected chi connectivity index (χ4v) is 3.15. The Balaban J connectivity index is 1.83. The zero-order valence-corrected chi connectivity index (χ0v) is 18.9. The van der Waals surface area contributed by atoms with Crippen molar-refractivity contribution in [3.63, 3.8) is 0 Å². The van der Waals surface area contributed by atoms with Crippen molar-refractivity contribution in [2.24, 2.45) is 10.8 Å². The third-order valence-electron chi connectivity index (χ3n) is 5.13. The van der Waals surface area contributed by atoms with Gasteiger partial charge in [0.05, 0.1) is 11.2 Å². The number of hydrogen-bond acceptors (Lipinski definition) is 3. The minimum Gasteiger partial charge on any atom is -0.384 e. The second-order valence-corrected chi connectivity index (χ2v) is 9.87. The second-order valence-electron chi connectivity index (χ2n) is 9.87. The van der Waals surface area contributed by atoms with Crippen LogP contribution in [0.25, 0.3) is 22.2 Å². The number of hydrogen-bond donors (Lipinski definition) is 1. The van der Waals surface area contributed by atoms with Gasteiger partial charge in [-0.05, 0) is 23.8 Å². The summed E-state index contributed by atoms with van der Waals surface area (Å²) in [6.07, 6.45) is 1.77. The van der Waals surface area contributed by atoms with Crippen LogP contribution in [0.4, 0.5) is 0 Å². The lowest BCUT2D eigenvalue weighted by atomic mass is 9.85. The highest BCUT2D eigenvalue weighted by atomic mass is 16.1. The van der Waals surface area contributed by atoms with Crippen molar-refractivity contribution < 1.29 is 4.79 Å². The first kappa shape index (κ1) is 21.8.